The average molecular weight is 382 g/mol. The zero-order valence-corrected chi connectivity index (χ0v) is 14.7. The predicted molar refractivity (Wildman–Crippen MR) is 95.4 cm³/mol. The first-order valence-electron chi connectivity index (χ1n) is 7.03. The normalized spacial score (nSPS) is 13.5. The lowest BCUT2D eigenvalue weighted by atomic mass is 9.94. The highest BCUT2D eigenvalue weighted by molar-refractivity contribution is 7.10. The quantitative estimate of drug-likeness (QED) is 0.693. The number of carbonyl (C=O) groups is 1. The summed E-state index contributed by atoms with van der Waals surface area (Å²) >= 11 is 8.75. The van der Waals surface area contributed by atoms with Crippen LogP contribution in [-0.2, 0) is 5.60 Å². The molecule has 0 aliphatic rings. The number of thiophene rings is 2. The molecule has 124 valence electrons. The smallest absolute Gasteiger partial charge is 0.255 e. The molecule has 0 radical (unpaired) electrons. The van der Waals surface area contributed by atoms with E-state index in [1.807, 2.05) is 22.2 Å². The van der Waals surface area contributed by atoms with Gasteiger partial charge in [0.2, 0.25) is 0 Å². The van der Waals surface area contributed by atoms with Crippen LogP contribution in [-0.4, -0.2) is 17.6 Å². The number of hydrogen-bond donors (Lipinski definition) is 2. The van der Waals surface area contributed by atoms with Crippen molar-refractivity contribution in [3.05, 3.63) is 79.4 Å². The van der Waals surface area contributed by atoms with Gasteiger partial charge in [0, 0.05) is 10.4 Å². The topological polar surface area (TPSA) is 49.3 Å². The van der Waals surface area contributed by atoms with Gasteiger partial charge in [-0.15, -0.1) is 11.3 Å². The van der Waals surface area contributed by atoms with Crippen LogP contribution in [0, 0.1) is 5.82 Å². The number of nitrogens with one attached hydrogen (secondary N) is 1. The summed E-state index contributed by atoms with van der Waals surface area (Å²) in [6, 6.07) is 9.47. The van der Waals surface area contributed by atoms with E-state index in [9.17, 15) is 14.3 Å². The molecule has 1 aromatic carbocycles. The second-order valence-electron chi connectivity index (χ2n) is 5.13. The van der Waals surface area contributed by atoms with E-state index in [4.69, 9.17) is 11.6 Å². The summed E-state index contributed by atoms with van der Waals surface area (Å²) in [5.41, 5.74) is -0.922. The first-order valence-corrected chi connectivity index (χ1v) is 9.23. The van der Waals surface area contributed by atoms with Gasteiger partial charge in [-0.05, 0) is 40.4 Å². The minimum Gasteiger partial charge on any atom is -0.378 e. The second-order valence-corrected chi connectivity index (χ2v) is 7.26. The van der Waals surface area contributed by atoms with Gasteiger partial charge < -0.3 is 10.4 Å². The van der Waals surface area contributed by atoms with E-state index < -0.39 is 17.3 Å². The molecule has 3 rings (SSSR count). The molecule has 1 amide bonds. The Labute approximate surface area is 151 Å². The molecule has 0 bridgehead atoms. The fraction of sp³-hybridized carbons (Fsp3) is 0.118. The third-order valence-electron chi connectivity index (χ3n) is 3.62. The summed E-state index contributed by atoms with van der Waals surface area (Å²) in [6.45, 7) is -0.0895. The van der Waals surface area contributed by atoms with Crippen LogP contribution >= 0.6 is 34.3 Å². The summed E-state index contributed by atoms with van der Waals surface area (Å²) in [4.78, 5) is 13.0. The summed E-state index contributed by atoms with van der Waals surface area (Å²) < 4.78 is 13.9. The monoisotopic (exact) mass is 381 g/mol. The lowest BCUT2D eigenvalue weighted by molar-refractivity contribution is 0.0718. The van der Waals surface area contributed by atoms with Gasteiger partial charge in [-0.3, -0.25) is 4.79 Å². The van der Waals surface area contributed by atoms with E-state index in [0.717, 1.165) is 0 Å². The molecule has 24 heavy (non-hydrogen) atoms. The fourth-order valence-electron chi connectivity index (χ4n) is 2.36. The van der Waals surface area contributed by atoms with Crippen LogP contribution in [0.15, 0.2) is 52.5 Å². The maximum absolute atomic E-state index is 13.9. The number of hydrogen-bond acceptors (Lipinski definition) is 4. The maximum atomic E-state index is 13.9. The number of halogens is 2. The Kier molecular flexibility index (Phi) is 5.01. The van der Waals surface area contributed by atoms with Crippen LogP contribution in [0.4, 0.5) is 4.39 Å². The number of amides is 1. The number of benzene rings is 1. The average Bonchev–Trinajstić information content (AvgIpc) is 3.25. The van der Waals surface area contributed by atoms with Crippen molar-refractivity contribution in [1.82, 2.24) is 5.32 Å². The lowest BCUT2D eigenvalue weighted by Gasteiger charge is -2.27. The molecule has 0 saturated heterocycles. The number of aliphatic hydroxyl groups is 1. The van der Waals surface area contributed by atoms with Gasteiger partial charge in [0.25, 0.3) is 5.91 Å². The van der Waals surface area contributed by atoms with Crippen LogP contribution in [0.3, 0.4) is 0 Å². The van der Waals surface area contributed by atoms with Gasteiger partial charge in [0.1, 0.15) is 11.4 Å². The highest BCUT2D eigenvalue weighted by Crippen LogP contribution is 2.33. The molecule has 1 atom stereocenters. The largest absolute Gasteiger partial charge is 0.378 e. The third kappa shape index (κ3) is 3.23. The zero-order valence-electron chi connectivity index (χ0n) is 12.3. The Morgan fingerprint density at radius 1 is 1.25 bits per heavy atom. The molecular formula is C17H13ClFNO2S2. The highest BCUT2D eigenvalue weighted by atomic mass is 35.5. The van der Waals surface area contributed by atoms with Gasteiger partial charge in [-0.2, -0.15) is 11.3 Å². The Morgan fingerprint density at radius 2 is 2.08 bits per heavy atom. The van der Waals surface area contributed by atoms with Crippen LogP contribution in [0.25, 0.3) is 0 Å². The van der Waals surface area contributed by atoms with E-state index in [1.165, 1.54) is 40.9 Å². The third-order valence-corrected chi connectivity index (χ3v) is 5.64. The van der Waals surface area contributed by atoms with E-state index in [1.54, 1.807) is 12.1 Å². The van der Waals surface area contributed by atoms with Crippen molar-refractivity contribution in [2.75, 3.05) is 6.54 Å². The van der Waals surface area contributed by atoms with Crippen molar-refractivity contribution < 1.29 is 14.3 Å². The molecule has 2 aromatic heterocycles. The zero-order chi connectivity index (χ0) is 17.2. The van der Waals surface area contributed by atoms with Gasteiger partial charge in [-0.25, -0.2) is 4.39 Å². The summed E-state index contributed by atoms with van der Waals surface area (Å²) in [5.74, 6) is -1.36. The second kappa shape index (κ2) is 7.03. The van der Waals surface area contributed by atoms with Crippen molar-refractivity contribution in [1.29, 1.82) is 0 Å². The van der Waals surface area contributed by atoms with Crippen molar-refractivity contribution in [2.24, 2.45) is 0 Å². The Hall–Kier alpha value is -1.73. The van der Waals surface area contributed by atoms with Gasteiger partial charge in [-0.1, -0.05) is 23.7 Å². The van der Waals surface area contributed by atoms with Crippen molar-refractivity contribution in [2.45, 2.75) is 5.60 Å². The Bertz CT molecular complexity index is 780. The molecular weight excluding hydrogens is 369 g/mol. The molecule has 0 fully saturated rings. The van der Waals surface area contributed by atoms with Crippen LogP contribution in [0.5, 0.6) is 0 Å². The summed E-state index contributed by atoms with van der Waals surface area (Å²) in [7, 11) is 0. The maximum Gasteiger partial charge on any atom is 0.255 e. The number of carbonyl (C=O) groups excluding carboxylic acids is 1. The minimum atomic E-state index is -1.37. The minimum absolute atomic E-state index is 0.0303. The summed E-state index contributed by atoms with van der Waals surface area (Å²) in [5, 5.41) is 19.3. The lowest BCUT2D eigenvalue weighted by Crippen LogP contribution is -2.41. The van der Waals surface area contributed by atoms with Crippen molar-refractivity contribution in [3.63, 3.8) is 0 Å². The Balaban J connectivity index is 1.86. The van der Waals surface area contributed by atoms with Crippen molar-refractivity contribution in [3.8, 4) is 0 Å². The van der Waals surface area contributed by atoms with E-state index in [2.05, 4.69) is 5.32 Å². The van der Waals surface area contributed by atoms with Crippen molar-refractivity contribution >= 4 is 40.2 Å². The molecule has 1 unspecified atom stereocenters. The molecule has 2 heterocycles. The first kappa shape index (κ1) is 17.1. The predicted octanol–water partition coefficient (Wildman–Crippen LogP) is 4.27. The molecule has 0 aliphatic heterocycles. The van der Waals surface area contributed by atoms with Crippen LogP contribution in [0.1, 0.15) is 20.8 Å². The van der Waals surface area contributed by atoms with Crippen LogP contribution < -0.4 is 5.32 Å². The van der Waals surface area contributed by atoms with E-state index in [0.29, 0.717) is 10.4 Å². The van der Waals surface area contributed by atoms with Gasteiger partial charge in [0.05, 0.1) is 17.1 Å². The first-order chi connectivity index (χ1) is 11.5. The van der Waals surface area contributed by atoms with E-state index in [-0.39, 0.29) is 17.1 Å². The molecule has 0 aliphatic carbocycles. The summed E-state index contributed by atoms with van der Waals surface area (Å²) in [6.07, 6.45) is 0. The Morgan fingerprint density at radius 3 is 2.71 bits per heavy atom. The highest BCUT2D eigenvalue weighted by Gasteiger charge is 2.34. The molecule has 0 spiro atoms. The SMILES string of the molecule is O=C(NCC(O)(c1ccsc1)c1cccs1)c1c(F)cccc1Cl. The molecule has 0 saturated carbocycles. The molecule has 3 aromatic rings. The van der Waals surface area contributed by atoms with E-state index >= 15 is 0 Å². The number of rotatable bonds is 5. The van der Waals surface area contributed by atoms with Crippen LogP contribution in [0.2, 0.25) is 5.02 Å². The fourth-order valence-corrected chi connectivity index (χ4v) is 4.18. The molecule has 3 nitrogen and oxygen atoms in total. The van der Waals surface area contributed by atoms with Gasteiger partial charge >= 0.3 is 0 Å². The van der Waals surface area contributed by atoms with Gasteiger partial charge in [0.15, 0.2) is 0 Å². The standard InChI is InChI=1S/C17H13ClFNO2S2/c18-12-3-1-4-13(19)15(12)16(21)20-10-17(22,11-6-8-23-9-11)14-5-2-7-24-14/h1-9,22H,10H2,(H,20,21). The molecule has 7 heteroatoms. The molecule has 2 N–H and O–H groups in total.